The summed E-state index contributed by atoms with van der Waals surface area (Å²) in [5, 5.41) is 11.5. The Morgan fingerprint density at radius 3 is 2.21 bits per heavy atom. The van der Waals surface area contributed by atoms with E-state index in [4.69, 9.17) is 18.9 Å². The number of carbonyl (C=O) groups is 3. The summed E-state index contributed by atoms with van der Waals surface area (Å²) in [4.78, 5) is 44.9. The lowest BCUT2D eigenvalue weighted by Gasteiger charge is -2.24. The van der Waals surface area contributed by atoms with Crippen LogP contribution in [0.4, 0.5) is 5.13 Å². The van der Waals surface area contributed by atoms with Crippen LogP contribution in [0.25, 0.3) is 5.76 Å². The predicted molar refractivity (Wildman–Crippen MR) is 140 cm³/mol. The maximum absolute atomic E-state index is 13.5. The van der Waals surface area contributed by atoms with E-state index in [9.17, 15) is 19.5 Å². The first-order chi connectivity index (χ1) is 18.2. The Hall–Kier alpha value is -4.38. The third kappa shape index (κ3) is 4.45. The molecule has 1 aromatic heterocycles. The van der Waals surface area contributed by atoms with Crippen LogP contribution in [0.2, 0.25) is 0 Å². The van der Waals surface area contributed by atoms with E-state index in [1.54, 1.807) is 50.2 Å². The molecule has 1 fully saturated rings. The molecule has 11 heteroatoms. The second-order valence-electron chi connectivity index (χ2n) is 8.37. The van der Waals surface area contributed by atoms with Crippen molar-refractivity contribution in [1.82, 2.24) is 4.98 Å². The molecule has 38 heavy (non-hydrogen) atoms. The van der Waals surface area contributed by atoms with Crippen LogP contribution < -0.4 is 19.1 Å². The summed E-state index contributed by atoms with van der Waals surface area (Å²) in [5.74, 6) is -1.37. The molecule has 1 saturated heterocycles. The van der Waals surface area contributed by atoms with Gasteiger partial charge >= 0.3 is 11.9 Å². The Labute approximate surface area is 223 Å². The van der Waals surface area contributed by atoms with Gasteiger partial charge in [-0.15, -0.1) is 0 Å². The molecule has 0 spiro atoms. The summed E-state index contributed by atoms with van der Waals surface area (Å²) in [6.45, 7) is 3.40. The zero-order chi connectivity index (χ0) is 27.7. The summed E-state index contributed by atoms with van der Waals surface area (Å²) >= 11 is 0.919. The fraction of sp³-hybridized carbons (Fsp3) is 0.259. The van der Waals surface area contributed by atoms with Crippen LogP contribution in [-0.2, 0) is 14.3 Å². The number of anilines is 1. The van der Waals surface area contributed by atoms with E-state index in [2.05, 4.69) is 4.98 Å². The second-order valence-corrected chi connectivity index (χ2v) is 9.35. The molecular weight excluding hydrogens is 512 g/mol. The lowest BCUT2D eigenvalue weighted by molar-refractivity contribution is -0.132. The van der Waals surface area contributed by atoms with Crippen molar-refractivity contribution in [3.8, 4) is 17.2 Å². The van der Waals surface area contributed by atoms with Crippen LogP contribution in [0, 0.1) is 13.8 Å². The molecule has 0 aliphatic carbocycles. The monoisotopic (exact) mass is 538 g/mol. The lowest BCUT2D eigenvalue weighted by Crippen LogP contribution is -2.29. The first kappa shape index (κ1) is 26.7. The van der Waals surface area contributed by atoms with Crippen LogP contribution in [0.3, 0.4) is 0 Å². The van der Waals surface area contributed by atoms with E-state index in [1.165, 1.54) is 33.3 Å². The first-order valence-electron chi connectivity index (χ1n) is 11.4. The van der Waals surface area contributed by atoms with Crippen molar-refractivity contribution >= 4 is 39.9 Å². The van der Waals surface area contributed by atoms with Crippen molar-refractivity contribution in [3.63, 3.8) is 0 Å². The van der Waals surface area contributed by atoms with Crippen LogP contribution in [0.5, 0.6) is 17.2 Å². The highest BCUT2D eigenvalue weighted by atomic mass is 32.1. The Morgan fingerprint density at radius 1 is 0.947 bits per heavy atom. The predicted octanol–water partition coefficient (Wildman–Crippen LogP) is 4.20. The Balaban J connectivity index is 1.97. The molecule has 1 aliphatic heterocycles. The highest BCUT2D eigenvalue weighted by Gasteiger charge is 2.48. The van der Waals surface area contributed by atoms with Crippen molar-refractivity contribution in [2.45, 2.75) is 19.9 Å². The molecular formula is C27H26N2O8S. The van der Waals surface area contributed by atoms with Crippen molar-refractivity contribution in [1.29, 1.82) is 0 Å². The summed E-state index contributed by atoms with van der Waals surface area (Å²) in [6.07, 6.45) is 0. The van der Waals surface area contributed by atoms with E-state index in [-0.39, 0.29) is 21.3 Å². The number of amides is 1. The summed E-state index contributed by atoms with van der Waals surface area (Å²) in [6, 6.07) is 8.78. The smallest absolute Gasteiger partial charge is 0.350 e. The third-order valence-corrected chi connectivity index (χ3v) is 7.33. The molecule has 198 valence electrons. The molecule has 0 saturated carbocycles. The number of hydrogen-bond donors (Lipinski definition) is 1. The van der Waals surface area contributed by atoms with E-state index in [0.717, 1.165) is 16.9 Å². The van der Waals surface area contributed by atoms with Gasteiger partial charge in [0, 0.05) is 5.56 Å². The number of thiazole rings is 1. The molecule has 1 unspecified atom stereocenters. The number of hydrogen-bond acceptors (Lipinski definition) is 10. The van der Waals surface area contributed by atoms with Crippen molar-refractivity contribution in [3.05, 3.63) is 69.2 Å². The van der Waals surface area contributed by atoms with Gasteiger partial charge in [0.25, 0.3) is 5.78 Å². The standard InChI is InChI=1S/C27H26N2O8S/c1-13-11-16(8-9-17(13)34-3)22(30)20-21(15-7-10-18(35-4)19(12-15)36-5)29(25(32)23(20)31)27-28-14(2)24(38-27)26(33)37-6/h7-12,21,30H,1-6H3/b22-20+. The zero-order valence-electron chi connectivity index (χ0n) is 21.6. The number of aryl methyl sites for hydroxylation is 2. The first-order valence-corrected chi connectivity index (χ1v) is 12.2. The average Bonchev–Trinajstić information content (AvgIpc) is 3.43. The van der Waals surface area contributed by atoms with Gasteiger partial charge in [0.1, 0.15) is 16.4 Å². The minimum atomic E-state index is -1.08. The van der Waals surface area contributed by atoms with Gasteiger partial charge in [-0.2, -0.15) is 0 Å². The SMILES string of the molecule is COC(=O)c1sc(N2C(=O)C(=O)/C(=C(/O)c3ccc(OC)c(C)c3)C2c2ccc(OC)c(OC)c2)nc1C. The summed E-state index contributed by atoms with van der Waals surface area (Å²) in [7, 11) is 5.73. The average molecular weight is 539 g/mol. The maximum Gasteiger partial charge on any atom is 0.350 e. The number of benzene rings is 2. The van der Waals surface area contributed by atoms with E-state index in [0.29, 0.717) is 34.1 Å². The number of Topliss-reactive ketones (excluding diaryl/α,β-unsaturated/α-hetero) is 1. The molecule has 10 nitrogen and oxygen atoms in total. The molecule has 0 radical (unpaired) electrons. The van der Waals surface area contributed by atoms with Crippen LogP contribution in [0.15, 0.2) is 42.0 Å². The highest BCUT2D eigenvalue weighted by molar-refractivity contribution is 7.17. The number of aromatic nitrogens is 1. The van der Waals surface area contributed by atoms with Gasteiger partial charge < -0.3 is 24.1 Å². The second kappa shape index (κ2) is 10.5. The largest absolute Gasteiger partial charge is 0.507 e. The quantitative estimate of drug-likeness (QED) is 0.204. The van der Waals surface area contributed by atoms with Crippen LogP contribution in [0.1, 0.15) is 38.1 Å². The van der Waals surface area contributed by atoms with Crippen molar-refractivity contribution < 1.29 is 38.4 Å². The van der Waals surface area contributed by atoms with Gasteiger partial charge in [-0.05, 0) is 55.3 Å². The number of rotatable bonds is 7. The Morgan fingerprint density at radius 2 is 1.61 bits per heavy atom. The van der Waals surface area contributed by atoms with Gasteiger partial charge in [0.05, 0.1) is 45.7 Å². The molecule has 1 amide bonds. The number of esters is 1. The number of aliphatic hydroxyl groups is 1. The molecule has 1 atom stereocenters. The van der Waals surface area contributed by atoms with Gasteiger partial charge in [0.2, 0.25) is 0 Å². The molecule has 2 aromatic carbocycles. The topological polar surface area (TPSA) is 124 Å². The van der Waals surface area contributed by atoms with Gasteiger partial charge in [-0.25, -0.2) is 9.78 Å². The summed E-state index contributed by atoms with van der Waals surface area (Å²) < 4.78 is 20.9. The Bertz CT molecular complexity index is 1480. The fourth-order valence-corrected chi connectivity index (χ4v) is 5.33. The maximum atomic E-state index is 13.5. The minimum Gasteiger partial charge on any atom is -0.507 e. The highest BCUT2D eigenvalue weighted by Crippen LogP contribution is 2.45. The lowest BCUT2D eigenvalue weighted by atomic mass is 9.94. The van der Waals surface area contributed by atoms with Crippen LogP contribution >= 0.6 is 11.3 Å². The molecule has 1 aliphatic rings. The zero-order valence-corrected chi connectivity index (χ0v) is 22.5. The number of nitrogens with zero attached hydrogens (tertiary/aromatic N) is 2. The molecule has 3 aromatic rings. The third-order valence-electron chi connectivity index (χ3n) is 6.20. The van der Waals surface area contributed by atoms with E-state index >= 15 is 0 Å². The van der Waals surface area contributed by atoms with Crippen LogP contribution in [-0.4, -0.2) is 56.2 Å². The van der Waals surface area contributed by atoms with E-state index < -0.39 is 23.7 Å². The van der Waals surface area contributed by atoms with Crippen molar-refractivity contribution in [2.75, 3.05) is 33.3 Å². The molecule has 2 heterocycles. The number of ether oxygens (including phenoxy) is 4. The molecule has 4 rings (SSSR count). The van der Waals surface area contributed by atoms with Crippen molar-refractivity contribution in [2.24, 2.45) is 0 Å². The Kier molecular flexibility index (Phi) is 7.40. The number of carbonyl (C=O) groups excluding carboxylic acids is 3. The fourth-order valence-electron chi connectivity index (χ4n) is 4.32. The minimum absolute atomic E-state index is 0.106. The summed E-state index contributed by atoms with van der Waals surface area (Å²) in [5.41, 5.74) is 1.72. The van der Waals surface area contributed by atoms with E-state index in [1.807, 2.05) is 0 Å². The molecule has 0 bridgehead atoms. The van der Waals surface area contributed by atoms with Gasteiger partial charge in [0.15, 0.2) is 16.6 Å². The number of ketones is 1. The number of methoxy groups -OCH3 is 4. The van der Waals surface area contributed by atoms with Gasteiger partial charge in [-0.1, -0.05) is 17.4 Å². The van der Waals surface area contributed by atoms with Gasteiger partial charge in [-0.3, -0.25) is 14.5 Å². The molecule has 1 N–H and O–H groups in total. The number of aliphatic hydroxyl groups excluding tert-OH is 1. The normalized spacial score (nSPS) is 16.5.